The van der Waals surface area contributed by atoms with Crippen molar-refractivity contribution in [1.29, 1.82) is 0 Å². The van der Waals surface area contributed by atoms with Crippen molar-refractivity contribution in [2.24, 2.45) is 5.92 Å². The number of benzene rings is 2. The Kier molecular flexibility index (Phi) is 6.61. The summed E-state index contributed by atoms with van der Waals surface area (Å²) in [6, 6.07) is 17.2. The van der Waals surface area contributed by atoms with Crippen molar-refractivity contribution in [3.63, 3.8) is 0 Å². The van der Waals surface area contributed by atoms with E-state index in [1.807, 2.05) is 56.3 Å². The third kappa shape index (κ3) is 5.40. The highest BCUT2D eigenvalue weighted by Gasteiger charge is 2.28. The lowest BCUT2D eigenvalue weighted by atomic mass is 10.1. The van der Waals surface area contributed by atoms with E-state index in [9.17, 15) is 13.2 Å². The van der Waals surface area contributed by atoms with Gasteiger partial charge in [0.15, 0.2) is 0 Å². The van der Waals surface area contributed by atoms with Crippen molar-refractivity contribution in [2.75, 3.05) is 6.54 Å². The van der Waals surface area contributed by atoms with E-state index in [1.165, 1.54) is 0 Å². The van der Waals surface area contributed by atoms with E-state index < -0.39 is 16.1 Å². The first-order chi connectivity index (χ1) is 13.9. The summed E-state index contributed by atoms with van der Waals surface area (Å²) in [6.45, 7) is 4.01. The Morgan fingerprint density at radius 3 is 2.41 bits per heavy atom. The van der Waals surface area contributed by atoms with Crippen LogP contribution in [0.4, 0.5) is 0 Å². The number of aromatic nitrogens is 1. The van der Waals surface area contributed by atoms with Gasteiger partial charge in [-0.15, -0.1) is 0 Å². The third-order valence-electron chi connectivity index (χ3n) is 4.67. The molecule has 152 valence electrons. The fraction of sp³-hybridized carbons (Fsp3) is 0.273. The number of sulfonamides is 1. The van der Waals surface area contributed by atoms with Gasteiger partial charge in [0.05, 0.1) is 4.90 Å². The lowest BCUT2D eigenvalue weighted by molar-refractivity contribution is -0.123. The Bertz CT molecular complexity index is 1080. The minimum absolute atomic E-state index is 0.142. The van der Waals surface area contributed by atoms with Crippen LogP contribution in [-0.4, -0.2) is 31.9 Å². The molecule has 0 saturated carbocycles. The molecule has 6 nitrogen and oxygen atoms in total. The van der Waals surface area contributed by atoms with Crippen LogP contribution in [0.15, 0.2) is 71.8 Å². The molecule has 1 aromatic heterocycles. The normalized spacial score (nSPS) is 12.8. The summed E-state index contributed by atoms with van der Waals surface area (Å²) in [5.41, 5.74) is 0.866. The van der Waals surface area contributed by atoms with Crippen LogP contribution in [0.25, 0.3) is 10.8 Å². The molecule has 0 spiro atoms. The molecule has 0 radical (unpaired) electrons. The summed E-state index contributed by atoms with van der Waals surface area (Å²) in [5.74, 6) is -0.555. The van der Waals surface area contributed by atoms with E-state index >= 15 is 0 Å². The highest BCUT2D eigenvalue weighted by molar-refractivity contribution is 7.89. The van der Waals surface area contributed by atoms with Gasteiger partial charge in [-0.25, -0.2) is 8.42 Å². The fourth-order valence-electron chi connectivity index (χ4n) is 3.03. The summed E-state index contributed by atoms with van der Waals surface area (Å²) >= 11 is 0. The number of amides is 1. The second-order valence-corrected chi connectivity index (χ2v) is 8.93. The average molecular weight is 412 g/mol. The predicted octanol–water partition coefficient (Wildman–Crippen LogP) is 2.90. The summed E-state index contributed by atoms with van der Waals surface area (Å²) in [7, 11) is -3.84. The highest BCUT2D eigenvalue weighted by atomic mass is 32.2. The SMILES string of the molecule is CC(C)C(NS(=O)(=O)c1ccc2ccccc2c1)C(=O)NCCc1ccccn1. The zero-order valence-electron chi connectivity index (χ0n) is 16.5. The minimum Gasteiger partial charge on any atom is -0.354 e. The summed E-state index contributed by atoms with van der Waals surface area (Å²) < 4.78 is 28.3. The second kappa shape index (κ2) is 9.15. The number of rotatable bonds is 8. The van der Waals surface area contributed by atoms with E-state index in [-0.39, 0.29) is 16.7 Å². The van der Waals surface area contributed by atoms with Crippen LogP contribution < -0.4 is 10.0 Å². The van der Waals surface area contributed by atoms with Crippen molar-refractivity contribution in [1.82, 2.24) is 15.0 Å². The molecule has 0 aliphatic carbocycles. The lowest BCUT2D eigenvalue weighted by Gasteiger charge is -2.21. The van der Waals surface area contributed by atoms with Gasteiger partial charge in [-0.2, -0.15) is 4.72 Å². The Balaban J connectivity index is 1.70. The molecule has 3 aromatic rings. The second-order valence-electron chi connectivity index (χ2n) is 7.21. The molecule has 3 rings (SSSR count). The summed E-state index contributed by atoms with van der Waals surface area (Å²) in [5, 5.41) is 4.60. The maximum Gasteiger partial charge on any atom is 0.241 e. The van der Waals surface area contributed by atoms with Crippen molar-refractivity contribution >= 4 is 26.7 Å². The average Bonchev–Trinajstić information content (AvgIpc) is 2.72. The van der Waals surface area contributed by atoms with Crippen molar-refractivity contribution in [2.45, 2.75) is 31.2 Å². The van der Waals surface area contributed by atoms with E-state index in [2.05, 4.69) is 15.0 Å². The molecule has 1 heterocycles. The Morgan fingerprint density at radius 2 is 1.72 bits per heavy atom. The topological polar surface area (TPSA) is 88.2 Å². The van der Waals surface area contributed by atoms with Crippen molar-refractivity contribution < 1.29 is 13.2 Å². The van der Waals surface area contributed by atoms with Gasteiger partial charge in [-0.3, -0.25) is 9.78 Å². The van der Waals surface area contributed by atoms with Gasteiger partial charge in [-0.1, -0.05) is 50.2 Å². The molecular formula is C22H25N3O3S. The van der Waals surface area contributed by atoms with E-state index in [0.29, 0.717) is 13.0 Å². The third-order valence-corrected chi connectivity index (χ3v) is 6.11. The molecule has 0 saturated heterocycles. The smallest absolute Gasteiger partial charge is 0.241 e. The van der Waals surface area contributed by atoms with Crippen molar-refractivity contribution in [3.8, 4) is 0 Å². The zero-order chi connectivity index (χ0) is 20.9. The van der Waals surface area contributed by atoms with Gasteiger partial charge in [0, 0.05) is 24.9 Å². The largest absolute Gasteiger partial charge is 0.354 e. The van der Waals surface area contributed by atoms with Gasteiger partial charge in [-0.05, 0) is 41.0 Å². The standard InChI is InChI=1S/C22H25N3O3S/c1-16(2)21(22(26)24-14-12-19-9-5-6-13-23-19)25-29(27,28)20-11-10-17-7-3-4-8-18(17)15-20/h3-11,13,15-16,21,25H,12,14H2,1-2H3,(H,24,26). The molecule has 7 heteroatoms. The van der Waals surface area contributed by atoms with Gasteiger partial charge in [0.2, 0.25) is 15.9 Å². The van der Waals surface area contributed by atoms with E-state index in [1.54, 1.807) is 24.4 Å². The van der Waals surface area contributed by atoms with Crippen LogP contribution >= 0.6 is 0 Å². The molecule has 0 aliphatic heterocycles. The molecule has 1 unspecified atom stereocenters. The van der Waals surface area contributed by atoms with E-state index in [0.717, 1.165) is 16.5 Å². The Labute approximate surface area is 171 Å². The minimum atomic E-state index is -3.84. The summed E-state index contributed by atoms with van der Waals surface area (Å²) in [6.07, 6.45) is 2.28. The molecule has 0 fully saturated rings. The monoisotopic (exact) mass is 411 g/mol. The molecule has 2 N–H and O–H groups in total. The fourth-order valence-corrected chi connectivity index (χ4v) is 4.41. The first-order valence-corrected chi connectivity index (χ1v) is 11.0. The van der Waals surface area contributed by atoms with Crippen LogP contribution in [0.2, 0.25) is 0 Å². The predicted molar refractivity (Wildman–Crippen MR) is 114 cm³/mol. The molecule has 2 aromatic carbocycles. The molecule has 1 atom stereocenters. The quantitative estimate of drug-likeness (QED) is 0.597. The van der Waals surface area contributed by atoms with Gasteiger partial charge in [0.1, 0.15) is 6.04 Å². The van der Waals surface area contributed by atoms with Gasteiger partial charge < -0.3 is 5.32 Å². The van der Waals surface area contributed by atoms with Crippen LogP contribution in [0.5, 0.6) is 0 Å². The van der Waals surface area contributed by atoms with Crippen LogP contribution in [0.3, 0.4) is 0 Å². The molecular weight excluding hydrogens is 386 g/mol. The van der Waals surface area contributed by atoms with Crippen LogP contribution in [0, 0.1) is 5.92 Å². The number of carbonyl (C=O) groups excluding carboxylic acids is 1. The zero-order valence-corrected chi connectivity index (χ0v) is 17.3. The maximum absolute atomic E-state index is 12.9. The molecule has 29 heavy (non-hydrogen) atoms. The van der Waals surface area contributed by atoms with Gasteiger partial charge in [0.25, 0.3) is 0 Å². The Morgan fingerprint density at radius 1 is 1.00 bits per heavy atom. The number of nitrogens with one attached hydrogen (secondary N) is 2. The van der Waals surface area contributed by atoms with E-state index in [4.69, 9.17) is 0 Å². The lowest BCUT2D eigenvalue weighted by Crippen LogP contribution is -2.49. The Hall–Kier alpha value is -2.77. The number of fused-ring (bicyclic) bond motifs is 1. The molecule has 0 aliphatic rings. The maximum atomic E-state index is 12.9. The number of hydrogen-bond donors (Lipinski definition) is 2. The van der Waals surface area contributed by atoms with Crippen LogP contribution in [-0.2, 0) is 21.2 Å². The van der Waals surface area contributed by atoms with Crippen LogP contribution in [0.1, 0.15) is 19.5 Å². The number of carbonyl (C=O) groups is 1. The van der Waals surface area contributed by atoms with Gasteiger partial charge >= 0.3 is 0 Å². The highest BCUT2D eigenvalue weighted by Crippen LogP contribution is 2.19. The first-order valence-electron chi connectivity index (χ1n) is 9.55. The summed E-state index contributed by atoms with van der Waals surface area (Å²) in [4.78, 5) is 17.0. The number of hydrogen-bond acceptors (Lipinski definition) is 4. The first kappa shape index (κ1) is 21.0. The van der Waals surface area contributed by atoms with Crippen molar-refractivity contribution in [3.05, 3.63) is 72.6 Å². The number of nitrogens with zero attached hydrogens (tertiary/aromatic N) is 1. The molecule has 0 bridgehead atoms. The number of pyridine rings is 1. The molecule has 1 amide bonds.